The number of rotatable bonds is 4. The highest BCUT2D eigenvalue weighted by Crippen LogP contribution is 2.46. The van der Waals surface area contributed by atoms with Crippen molar-refractivity contribution in [1.82, 2.24) is 0 Å². The fourth-order valence-corrected chi connectivity index (χ4v) is 2.41. The van der Waals surface area contributed by atoms with Gasteiger partial charge >= 0.3 is 5.97 Å². The van der Waals surface area contributed by atoms with E-state index in [4.69, 9.17) is 10.5 Å². The summed E-state index contributed by atoms with van der Waals surface area (Å²) < 4.78 is 5.09. The van der Waals surface area contributed by atoms with Crippen LogP contribution in [-0.2, 0) is 14.9 Å². The van der Waals surface area contributed by atoms with E-state index in [9.17, 15) is 14.9 Å². The molecule has 0 heterocycles. The van der Waals surface area contributed by atoms with Crippen molar-refractivity contribution in [3.8, 4) is 0 Å². The third kappa shape index (κ3) is 2.14. The summed E-state index contributed by atoms with van der Waals surface area (Å²) in [4.78, 5) is 22.5. The van der Waals surface area contributed by atoms with Crippen molar-refractivity contribution in [3.63, 3.8) is 0 Å². The second-order valence-corrected chi connectivity index (χ2v) is 4.69. The molecule has 0 bridgehead atoms. The maximum atomic E-state index is 12.1. The van der Waals surface area contributed by atoms with Gasteiger partial charge in [-0.25, -0.2) is 0 Å². The molecule has 102 valence electrons. The number of nitro benzene ring substituents is 1. The zero-order chi connectivity index (χ0) is 14.0. The number of benzene rings is 1. The number of nitrogens with zero attached hydrogens (tertiary/aromatic N) is 1. The van der Waals surface area contributed by atoms with Crippen LogP contribution in [0.4, 0.5) is 11.4 Å². The van der Waals surface area contributed by atoms with Crippen LogP contribution in [0.3, 0.4) is 0 Å². The minimum absolute atomic E-state index is 0.104. The van der Waals surface area contributed by atoms with Gasteiger partial charge in [-0.1, -0.05) is 12.5 Å². The Hall–Kier alpha value is -2.11. The SMILES string of the molecule is CCOC(=O)C1(c2ccc(N)c([N+](=O)[O-])c2)CCC1. The molecular formula is C13H16N2O4. The average molecular weight is 264 g/mol. The van der Waals surface area contributed by atoms with Crippen LogP contribution in [0.15, 0.2) is 18.2 Å². The zero-order valence-electron chi connectivity index (χ0n) is 10.7. The molecule has 6 heteroatoms. The predicted octanol–water partition coefficient (Wildman–Crippen LogP) is 2.16. The molecule has 1 aromatic carbocycles. The van der Waals surface area contributed by atoms with Gasteiger partial charge in [0.25, 0.3) is 5.69 Å². The minimum atomic E-state index is -0.728. The topological polar surface area (TPSA) is 95.5 Å². The Kier molecular flexibility index (Phi) is 3.42. The number of hydrogen-bond acceptors (Lipinski definition) is 5. The van der Waals surface area contributed by atoms with Gasteiger partial charge in [0, 0.05) is 6.07 Å². The molecule has 1 aliphatic rings. The summed E-state index contributed by atoms with van der Waals surface area (Å²) in [6.45, 7) is 2.05. The van der Waals surface area contributed by atoms with Crippen LogP contribution in [0.1, 0.15) is 31.7 Å². The van der Waals surface area contributed by atoms with Crippen LogP contribution in [0.5, 0.6) is 0 Å². The van der Waals surface area contributed by atoms with Crippen molar-refractivity contribution in [2.24, 2.45) is 0 Å². The Morgan fingerprint density at radius 2 is 2.21 bits per heavy atom. The van der Waals surface area contributed by atoms with E-state index >= 15 is 0 Å². The largest absolute Gasteiger partial charge is 0.465 e. The average Bonchev–Trinajstić information content (AvgIpc) is 2.29. The molecule has 0 aromatic heterocycles. The van der Waals surface area contributed by atoms with Crippen LogP contribution in [0, 0.1) is 10.1 Å². The van der Waals surface area contributed by atoms with Crippen molar-refractivity contribution >= 4 is 17.3 Å². The van der Waals surface area contributed by atoms with Gasteiger partial charge in [-0.3, -0.25) is 14.9 Å². The first-order valence-electron chi connectivity index (χ1n) is 6.23. The summed E-state index contributed by atoms with van der Waals surface area (Å²) in [5.74, 6) is -0.305. The van der Waals surface area contributed by atoms with Crippen LogP contribution in [-0.4, -0.2) is 17.5 Å². The normalized spacial score (nSPS) is 16.5. The Morgan fingerprint density at radius 3 is 2.68 bits per heavy atom. The van der Waals surface area contributed by atoms with E-state index in [1.54, 1.807) is 13.0 Å². The molecule has 0 spiro atoms. The summed E-state index contributed by atoms with van der Waals surface area (Å²) in [5, 5.41) is 10.9. The lowest BCUT2D eigenvalue weighted by molar-refractivity contribution is -0.384. The monoisotopic (exact) mass is 264 g/mol. The van der Waals surface area contributed by atoms with Gasteiger partial charge in [0.2, 0.25) is 0 Å². The zero-order valence-corrected chi connectivity index (χ0v) is 10.7. The van der Waals surface area contributed by atoms with Crippen LogP contribution >= 0.6 is 0 Å². The van der Waals surface area contributed by atoms with Crippen molar-refractivity contribution in [3.05, 3.63) is 33.9 Å². The highest BCUT2D eigenvalue weighted by molar-refractivity contribution is 5.85. The van der Waals surface area contributed by atoms with E-state index in [0.29, 0.717) is 25.0 Å². The summed E-state index contributed by atoms with van der Waals surface area (Å²) >= 11 is 0. The fraction of sp³-hybridized carbons (Fsp3) is 0.462. The molecule has 0 amide bonds. The van der Waals surface area contributed by atoms with Gasteiger partial charge in [0.15, 0.2) is 0 Å². The molecule has 0 saturated heterocycles. The maximum Gasteiger partial charge on any atom is 0.316 e. The van der Waals surface area contributed by atoms with Crippen molar-refractivity contribution in [2.45, 2.75) is 31.6 Å². The third-order valence-corrected chi connectivity index (χ3v) is 3.65. The fourth-order valence-electron chi connectivity index (χ4n) is 2.41. The molecular weight excluding hydrogens is 248 g/mol. The van der Waals surface area contributed by atoms with Crippen molar-refractivity contribution in [2.75, 3.05) is 12.3 Å². The molecule has 2 rings (SSSR count). The molecule has 2 N–H and O–H groups in total. The molecule has 19 heavy (non-hydrogen) atoms. The number of nitrogens with two attached hydrogens (primary N) is 1. The quantitative estimate of drug-likeness (QED) is 0.389. The van der Waals surface area contributed by atoms with E-state index in [0.717, 1.165) is 6.42 Å². The number of carbonyl (C=O) groups excluding carboxylic acids is 1. The molecule has 0 unspecified atom stereocenters. The Balaban J connectivity index is 2.42. The van der Waals surface area contributed by atoms with E-state index < -0.39 is 10.3 Å². The molecule has 1 saturated carbocycles. The smallest absolute Gasteiger partial charge is 0.316 e. The van der Waals surface area contributed by atoms with Crippen molar-refractivity contribution in [1.29, 1.82) is 0 Å². The third-order valence-electron chi connectivity index (χ3n) is 3.65. The highest BCUT2D eigenvalue weighted by atomic mass is 16.6. The van der Waals surface area contributed by atoms with E-state index in [2.05, 4.69) is 0 Å². The second kappa shape index (κ2) is 4.87. The number of ether oxygens (including phenoxy) is 1. The number of nitro groups is 1. The molecule has 0 atom stereocenters. The number of nitrogen functional groups attached to an aromatic ring is 1. The first-order chi connectivity index (χ1) is 9.01. The first-order valence-corrected chi connectivity index (χ1v) is 6.23. The Labute approximate surface area is 110 Å². The van der Waals surface area contributed by atoms with Crippen LogP contribution in [0.25, 0.3) is 0 Å². The number of hydrogen-bond donors (Lipinski definition) is 1. The standard InChI is InChI=1S/C13H16N2O4/c1-2-19-12(16)13(6-3-7-13)9-4-5-10(14)11(8-9)15(17)18/h4-5,8H,2-3,6-7,14H2,1H3. The number of anilines is 1. The number of carbonyl (C=O) groups is 1. The van der Waals surface area contributed by atoms with Gasteiger partial charge < -0.3 is 10.5 Å². The molecule has 1 aromatic rings. The van der Waals surface area contributed by atoms with Crippen LogP contribution in [0.2, 0.25) is 0 Å². The van der Waals surface area contributed by atoms with Gasteiger partial charge in [-0.05, 0) is 31.4 Å². The summed E-state index contributed by atoms with van der Waals surface area (Å²) in [7, 11) is 0. The van der Waals surface area contributed by atoms with E-state index in [1.807, 2.05) is 0 Å². The molecule has 1 fully saturated rings. The molecule has 0 aliphatic heterocycles. The Bertz CT molecular complexity index is 523. The lowest BCUT2D eigenvalue weighted by Crippen LogP contribution is -2.43. The summed E-state index contributed by atoms with van der Waals surface area (Å²) in [6.07, 6.45) is 2.23. The summed E-state index contributed by atoms with van der Waals surface area (Å²) in [6, 6.07) is 4.55. The lowest BCUT2D eigenvalue weighted by atomic mass is 9.64. The van der Waals surface area contributed by atoms with Gasteiger partial charge in [0.05, 0.1) is 16.9 Å². The Morgan fingerprint density at radius 1 is 1.53 bits per heavy atom. The van der Waals surface area contributed by atoms with Gasteiger partial charge in [0.1, 0.15) is 5.69 Å². The van der Waals surface area contributed by atoms with Gasteiger partial charge in [-0.15, -0.1) is 0 Å². The minimum Gasteiger partial charge on any atom is -0.465 e. The van der Waals surface area contributed by atoms with E-state index in [1.165, 1.54) is 12.1 Å². The lowest BCUT2D eigenvalue weighted by Gasteiger charge is -2.39. The predicted molar refractivity (Wildman–Crippen MR) is 69.7 cm³/mol. The van der Waals surface area contributed by atoms with Crippen LogP contribution < -0.4 is 5.73 Å². The molecule has 0 radical (unpaired) electrons. The summed E-state index contributed by atoms with van der Waals surface area (Å²) in [5.41, 5.74) is 5.41. The highest BCUT2D eigenvalue weighted by Gasteiger charge is 2.47. The van der Waals surface area contributed by atoms with Crippen molar-refractivity contribution < 1.29 is 14.5 Å². The second-order valence-electron chi connectivity index (χ2n) is 4.69. The van der Waals surface area contributed by atoms with Gasteiger partial charge in [-0.2, -0.15) is 0 Å². The molecule has 1 aliphatic carbocycles. The van der Waals surface area contributed by atoms with E-state index in [-0.39, 0.29) is 17.3 Å². The number of esters is 1. The molecule has 6 nitrogen and oxygen atoms in total. The first kappa shape index (κ1) is 13.3. The maximum absolute atomic E-state index is 12.1.